The third kappa shape index (κ3) is 3.89. The molecule has 2 rings (SSSR count). The van der Waals surface area contributed by atoms with Crippen molar-refractivity contribution in [1.29, 1.82) is 0 Å². The monoisotopic (exact) mass is 267 g/mol. The minimum Gasteiger partial charge on any atom is -0.488 e. The second-order valence-corrected chi connectivity index (χ2v) is 5.66. The molecule has 3 heteroatoms. The molecule has 2 nitrogen and oxygen atoms in total. The molecule has 1 atom stereocenters. The molecule has 0 heterocycles. The van der Waals surface area contributed by atoms with Crippen molar-refractivity contribution in [3.8, 4) is 5.75 Å². The first-order valence-electron chi connectivity index (χ1n) is 6.81. The van der Waals surface area contributed by atoms with Gasteiger partial charge in [0, 0.05) is 12.6 Å². The van der Waals surface area contributed by atoms with Crippen molar-refractivity contribution in [2.24, 2.45) is 0 Å². The largest absolute Gasteiger partial charge is 0.488 e. The fourth-order valence-electron chi connectivity index (χ4n) is 2.42. The summed E-state index contributed by atoms with van der Waals surface area (Å²) in [5.41, 5.74) is 1.16. The van der Waals surface area contributed by atoms with Crippen LogP contribution >= 0.6 is 11.6 Å². The molecule has 1 N–H and O–H groups in total. The molecule has 1 unspecified atom stereocenters. The molecule has 100 valence electrons. The average molecular weight is 268 g/mol. The topological polar surface area (TPSA) is 21.3 Å². The van der Waals surface area contributed by atoms with Gasteiger partial charge in [0.25, 0.3) is 0 Å². The van der Waals surface area contributed by atoms with Gasteiger partial charge in [-0.05, 0) is 44.4 Å². The summed E-state index contributed by atoms with van der Waals surface area (Å²) in [4.78, 5) is 0. The van der Waals surface area contributed by atoms with Gasteiger partial charge in [-0.3, -0.25) is 0 Å². The van der Waals surface area contributed by atoms with Gasteiger partial charge in [-0.15, -0.1) is 0 Å². The van der Waals surface area contributed by atoms with Crippen molar-refractivity contribution < 1.29 is 4.74 Å². The smallest absolute Gasteiger partial charge is 0.138 e. The van der Waals surface area contributed by atoms with Gasteiger partial charge < -0.3 is 10.1 Å². The van der Waals surface area contributed by atoms with Crippen molar-refractivity contribution in [3.05, 3.63) is 28.8 Å². The molecule has 1 aliphatic rings. The molecule has 1 saturated carbocycles. The quantitative estimate of drug-likeness (QED) is 0.872. The van der Waals surface area contributed by atoms with Crippen molar-refractivity contribution in [1.82, 2.24) is 5.32 Å². The van der Waals surface area contributed by atoms with E-state index in [1.807, 2.05) is 25.1 Å². The van der Waals surface area contributed by atoms with Crippen LogP contribution in [-0.2, 0) is 0 Å². The van der Waals surface area contributed by atoms with Crippen LogP contribution in [0.3, 0.4) is 0 Å². The maximum absolute atomic E-state index is 6.16. The number of aryl methyl sites for hydroxylation is 1. The normalized spacial score (nSPS) is 17.9. The molecule has 1 aromatic rings. The van der Waals surface area contributed by atoms with Gasteiger partial charge >= 0.3 is 0 Å². The average Bonchev–Trinajstić information content (AvgIpc) is 2.83. The molecule has 0 saturated heterocycles. The summed E-state index contributed by atoms with van der Waals surface area (Å²) in [5.74, 6) is 0.781. The Bertz CT molecular complexity index is 388. The molecule has 0 aromatic heterocycles. The van der Waals surface area contributed by atoms with Crippen LogP contribution in [0.15, 0.2) is 18.2 Å². The molecule has 18 heavy (non-hydrogen) atoms. The number of ether oxygens (including phenoxy) is 1. The standard InChI is InChI=1S/C15H22ClNO/c1-11-7-8-15(14(16)9-11)18-12(2)10-17-13-5-3-4-6-13/h7-9,12-13,17H,3-6,10H2,1-2H3. The molecular weight excluding hydrogens is 246 g/mol. The Morgan fingerprint density at radius 3 is 2.78 bits per heavy atom. The zero-order valence-corrected chi connectivity index (χ0v) is 12.0. The number of halogens is 1. The minimum absolute atomic E-state index is 0.144. The number of hydrogen-bond donors (Lipinski definition) is 1. The van der Waals surface area contributed by atoms with E-state index in [1.54, 1.807) is 0 Å². The zero-order chi connectivity index (χ0) is 13.0. The summed E-state index contributed by atoms with van der Waals surface area (Å²) in [6, 6.07) is 6.60. The summed E-state index contributed by atoms with van der Waals surface area (Å²) < 4.78 is 5.87. The van der Waals surface area contributed by atoms with Crippen LogP contribution in [-0.4, -0.2) is 18.7 Å². The van der Waals surface area contributed by atoms with E-state index in [0.29, 0.717) is 11.1 Å². The lowest BCUT2D eigenvalue weighted by atomic mass is 10.2. The Balaban J connectivity index is 1.80. The van der Waals surface area contributed by atoms with Crippen LogP contribution in [0.4, 0.5) is 0 Å². The van der Waals surface area contributed by atoms with Crippen molar-refractivity contribution in [3.63, 3.8) is 0 Å². The Hall–Kier alpha value is -0.730. The van der Waals surface area contributed by atoms with Crippen LogP contribution < -0.4 is 10.1 Å². The van der Waals surface area contributed by atoms with Gasteiger partial charge in [-0.1, -0.05) is 30.5 Å². The van der Waals surface area contributed by atoms with E-state index < -0.39 is 0 Å². The van der Waals surface area contributed by atoms with Crippen molar-refractivity contribution >= 4 is 11.6 Å². The molecule has 0 radical (unpaired) electrons. The highest BCUT2D eigenvalue weighted by atomic mass is 35.5. The number of hydrogen-bond acceptors (Lipinski definition) is 2. The lowest BCUT2D eigenvalue weighted by Gasteiger charge is -2.19. The molecule has 0 bridgehead atoms. The Morgan fingerprint density at radius 1 is 1.39 bits per heavy atom. The van der Waals surface area contributed by atoms with Crippen molar-refractivity contribution in [2.75, 3.05) is 6.54 Å². The van der Waals surface area contributed by atoms with E-state index in [2.05, 4.69) is 12.2 Å². The lowest BCUT2D eigenvalue weighted by Crippen LogP contribution is -2.35. The van der Waals surface area contributed by atoms with Crippen LogP contribution in [0.25, 0.3) is 0 Å². The van der Waals surface area contributed by atoms with Crippen LogP contribution in [0, 0.1) is 6.92 Å². The number of benzene rings is 1. The number of nitrogens with one attached hydrogen (secondary N) is 1. The second kappa shape index (κ2) is 6.44. The third-order valence-electron chi connectivity index (χ3n) is 3.46. The van der Waals surface area contributed by atoms with Crippen LogP contribution in [0.5, 0.6) is 5.75 Å². The van der Waals surface area contributed by atoms with Gasteiger partial charge in [-0.25, -0.2) is 0 Å². The molecule has 0 amide bonds. The van der Waals surface area contributed by atoms with Crippen LogP contribution in [0.1, 0.15) is 38.2 Å². The van der Waals surface area contributed by atoms with Gasteiger partial charge in [0.2, 0.25) is 0 Å². The molecule has 0 aliphatic heterocycles. The first-order chi connectivity index (χ1) is 8.65. The first-order valence-corrected chi connectivity index (χ1v) is 7.19. The van der Waals surface area contributed by atoms with Gasteiger partial charge in [-0.2, -0.15) is 0 Å². The van der Waals surface area contributed by atoms with Crippen molar-refractivity contribution in [2.45, 2.75) is 51.7 Å². The molecule has 0 spiro atoms. The van der Waals surface area contributed by atoms with Crippen LogP contribution in [0.2, 0.25) is 5.02 Å². The maximum atomic E-state index is 6.16. The lowest BCUT2D eigenvalue weighted by molar-refractivity contribution is 0.211. The van der Waals surface area contributed by atoms with E-state index >= 15 is 0 Å². The summed E-state index contributed by atoms with van der Waals surface area (Å²) in [5, 5.41) is 4.26. The SMILES string of the molecule is Cc1ccc(OC(C)CNC2CCCC2)c(Cl)c1. The molecule has 1 aliphatic carbocycles. The Morgan fingerprint density at radius 2 is 2.11 bits per heavy atom. The highest BCUT2D eigenvalue weighted by molar-refractivity contribution is 6.32. The maximum Gasteiger partial charge on any atom is 0.138 e. The molecular formula is C15H22ClNO. The summed E-state index contributed by atoms with van der Waals surface area (Å²) in [6.45, 7) is 4.99. The fraction of sp³-hybridized carbons (Fsp3) is 0.600. The Kier molecular flexibility index (Phi) is 4.90. The summed E-state index contributed by atoms with van der Waals surface area (Å²) in [6.07, 6.45) is 5.47. The third-order valence-corrected chi connectivity index (χ3v) is 3.76. The zero-order valence-electron chi connectivity index (χ0n) is 11.2. The van der Waals surface area contributed by atoms with Gasteiger partial charge in [0.1, 0.15) is 11.9 Å². The number of rotatable bonds is 5. The fourth-order valence-corrected chi connectivity index (χ4v) is 2.70. The highest BCUT2D eigenvalue weighted by Gasteiger charge is 2.15. The molecule has 1 aromatic carbocycles. The van der Waals surface area contributed by atoms with E-state index in [4.69, 9.17) is 16.3 Å². The second-order valence-electron chi connectivity index (χ2n) is 5.25. The highest BCUT2D eigenvalue weighted by Crippen LogP contribution is 2.26. The first kappa shape index (κ1) is 13.7. The minimum atomic E-state index is 0.144. The predicted octanol–water partition coefficient (Wildman–Crippen LogP) is 3.95. The predicted molar refractivity (Wildman–Crippen MR) is 76.5 cm³/mol. The van der Waals surface area contributed by atoms with E-state index in [1.165, 1.54) is 25.7 Å². The summed E-state index contributed by atoms with van der Waals surface area (Å²) in [7, 11) is 0. The van der Waals surface area contributed by atoms with E-state index in [0.717, 1.165) is 17.9 Å². The summed E-state index contributed by atoms with van der Waals surface area (Å²) >= 11 is 6.16. The van der Waals surface area contributed by atoms with Gasteiger partial charge in [0.15, 0.2) is 0 Å². The Labute approximate surface area is 115 Å². The van der Waals surface area contributed by atoms with E-state index in [9.17, 15) is 0 Å². The van der Waals surface area contributed by atoms with E-state index in [-0.39, 0.29) is 6.10 Å². The van der Waals surface area contributed by atoms with Gasteiger partial charge in [0.05, 0.1) is 5.02 Å². The molecule has 1 fully saturated rings.